The molecule has 1 aliphatic rings. The predicted octanol–water partition coefficient (Wildman–Crippen LogP) is 3.64. The smallest absolute Gasteiger partial charge is 0.335 e. The van der Waals surface area contributed by atoms with Gasteiger partial charge in [-0.1, -0.05) is 18.2 Å². The van der Waals surface area contributed by atoms with Crippen LogP contribution < -0.4 is 0 Å². The van der Waals surface area contributed by atoms with Gasteiger partial charge in [0.25, 0.3) is 0 Å². The number of fused-ring (bicyclic) bond motifs is 1. The van der Waals surface area contributed by atoms with Crippen molar-refractivity contribution in [1.82, 2.24) is 0 Å². The Kier molecular flexibility index (Phi) is 3.18. The lowest BCUT2D eigenvalue weighted by Gasteiger charge is -2.17. The van der Waals surface area contributed by atoms with E-state index in [9.17, 15) is 9.90 Å². The fourth-order valence-corrected chi connectivity index (χ4v) is 2.81. The van der Waals surface area contributed by atoms with Crippen LogP contribution in [0.2, 0.25) is 0 Å². The summed E-state index contributed by atoms with van der Waals surface area (Å²) in [6.45, 7) is 0. The van der Waals surface area contributed by atoms with E-state index in [4.69, 9.17) is 5.11 Å². The van der Waals surface area contributed by atoms with Gasteiger partial charge in [0, 0.05) is 5.56 Å². The number of carboxylic acid groups (broad SMARTS) is 1. The van der Waals surface area contributed by atoms with Crippen LogP contribution in [0.1, 0.15) is 34.3 Å². The van der Waals surface area contributed by atoms with Gasteiger partial charge < -0.3 is 10.2 Å². The Morgan fingerprint density at radius 1 is 0.950 bits per heavy atom. The topological polar surface area (TPSA) is 57.5 Å². The molecule has 3 nitrogen and oxygen atoms in total. The molecule has 0 fully saturated rings. The van der Waals surface area contributed by atoms with Crippen molar-refractivity contribution < 1.29 is 15.0 Å². The van der Waals surface area contributed by atoms with Crippen LogP contribution in [0.25, 0.3) is 11.1 Å². The van der Waals surface area contributed by atoms with E-state index >= 15 is 0 Å². The number of hydrogen-bond donors (Lipinski definition) is 2. The summed E-state index contributed by atoms with van der Waals surface area (Å²) < 4.78 is 0. The molecular weight excluding hydrogens is 252 g/mol. The second-order valence-corrected chi connectivity index (χ2v) is 5.23. The monoisotopic (exact) mass is 268 g/mol. The van der Waals surface area contributed by atoms with Gasteiger partial charge in [0.15, 0.2) is 0 Å². The molecule has 20 heavy (non-hydrogen) atoms. The van der Waals surface area contributed by atoms with Crippen LogP contribution in [0.3, 0.4) is 0 Å². The molecule has 0 aliphatic heterocycles. The van der Waals surface area contributed by atoms with E-state index in [-0.39, 0.29) is 11.3 Å². The first-order valence-electron chi connectivity index (χ1n) is 6.83. The highest BCUT2D eigenvalue weighted by atomic mass is 16.4. The molecule has 0 aromatic heterocycles. The molecule has 0 radical (unpaired) electrons. The van der Waals surface area contributed by atoms with Crippen LogP contribution in [-0.4, -0.2) is 16.2 Å². The molecule has 3 heteroatoms. The molecule has 1 aliphatic carbocycles. The fourth-order valence-electron chi connectivity index (χ4n) is 2.81. The molecule has 0 saturated carbocycles. The third-order valence-electron chi connectivity index (χ3n) is 3.90. The second kappa shape index (κ2) is 5.00. The van der Waals surface area contributed by atoms with Gasteiger partial charge in [0.1, 0.15) is 5.75 Å². The van der Waals surface area contributed by atoms with Crippen molar-refractivity contribution in [2.75, 3.05) is 0 Å². The summed E-state index contributed by atoms with van der Waals surface area (Å²) in [7, 11) is 0. The summed E-state index contributed by atoms with van der Waals surface area (Å²) in [5, 5.41) is 19.0. The number of aromatic carboxylic acids is 1. The van der Waals surface area contributed by atoms with Crippen molar-refractivity contribution in [2.24, 2.45) is 0 Å². The Morgan fingerprint density at radius 3 is 2.40 bits per heavy atom. The van der Waals surface area contributed by atoms with Crippen molar-refractivity contribution in [2.45, 2.75) is 25.7 Å². The Hall–Kier alpha value is -2.29. The molecule has 0 amide bonds. The Morgan fingerprint density at radius 2 is 1.70 bits per heavy atom. The van der Waals surface area contributed by atoms with Gasteiger partial charge >= 0.3 is 5.97 Å². The number of carboxylic acids is 1. The minimum Gasteiger partial charge on any atom is -0.507 e. The third-order valence-corrected chi connectivity index (χ3v) is 3.90. The highest BCUT2D eigenvalue weighted by molar-refractivity contribution is 5.89. The van der Waals surface area contributed by atoms with Crippen molar-refractivity contribution in [3.63, 3.8) is 0 Å². The van der Waals surface area contributed by atoms with E-state index in [2.05, 4.69) is 12.1 Å². The number of phenolic OH excluding ortho intramolecular Hbond substituents is 1. The molecule has 0 heterocycles. The number of aryl methyl sites for hydroxylation is 2. The maximum atomic E-state index is 10.9. The lowest BCUT2D eigenvalue weighted by atomic mass is 9.89. The zero-order valence-electron chi connectivity index (χ0n) is 11.1. The van der Waals surface area contributed by atoms with Gasteiger partial charge in [-0.2, -0.15) is 0 Å². The first-order chi connectivity index (χ1) is 9.65. The number of rotatable bonds is 2. The molecule has 3 rings (SSSR count). The number of benzene rings is 2. The summed E-state index contributed by atoms with van der Waals surface area (Å²) in [4.78, 5) is 10.9. The zero-order chi connectivity index (χ0) is 14.1. The van der Waals surface area contributed by atoms with Gasteiger partial charge in [0.05, 0.1) is 5.56 Å². The molecule has 102 valence electrons. The van der Waals surface area contributed by atoms with Crippen LogP contribution >= 0.6 is 0 Å². The lowest BCUT2D eigenvalue weighted by Crippen LogP contribution is -2.02. The summed E-state index contributed by atoms with van der Waals surface area (Å²) in [5.74, 6) is -1.02. The van der Waals surface area contributed by atoms with E-state index in [1.165, 1.54) is 36.1 Å². The normalized spacial score (nSPS) is 13.8. The highest BCUT2D eigenvalue weighted by Crippen LogP contribution is 2.33. The quantitative estimate of drug-likeness (QED) is 0.874. The number of phenols is 1. The molecule has 0 atom stereocenters. The molecule has 2 aromatic rings. The molecule has 2 N–H and O–H groups in total. The molecular formula is C17H16O3. The van der Waals surface area contributed by atoms with Crippen molar-refractivity contribution >= 4 is 5.97 Å². The average molecular weight is 268 g/mol. The van der Waals surface area contributed by atoms with E-state index < -0.39 is 5.97 Å². The Labute approximate surface area is 117 Å². The van der Waals surface area contributed by atoms with Crippen LogP contribution in [0, 0.1) is 0 Å². The van der Waals surface area contributed by atoms with Crippen molar-refractivity contribution in [3.8, 4) is 16.9 Å². The summed E-state index contributed by atoms with van der Waals surface area (Å²) in [5.41, 5.74) is 4.46. The Bertz CT molecular complexity index is 674. The van der Waals surface area contributed by atoms with Crippen molar-refractivity contribution in [3.05, 3.63) is 53.1 Å². The van der Waals surface area contributed by atoms with Crippen LogP contribution in [0.4, 0.5) is 0 Å². The number of aromatic hydroxyl groups is 1. The average Bonchev–Trinajstić information content (AvgIpc) is 2.46. The SMILES string of the molecule is O=C(O)c1ccc(-c2ccc3c(c2)CCCC3)c(O)c1. The van der Waals surface area contributed by atoms with Crippen LogP contribution in [0.15, 0.2) is 36.4 Å². The molecule has 0 saturated heterocycles. The third kappa shape index (κ3) is 2.27. The minimum absolute atomic E-state index is 0.0145. The van der Waals surface area contributed by atoms with Gasteiger partial charge in [-0.25, -0.2) is 4.79 Å². The van der Waals surface area contributed by atoms with Gasteiger partial charge in [-0.15, -0.1) is 0 Å². The van der Waals surface area contributed by atoms with E-state index in [0.29, 0.717) is 5.56 Å². The maximum absolute atomic E-state index is 10.9. The second-order valence-electron chi connectivity index (χ2n) is 5.23. The van der Waals surface area contributed by atoms with Crippen molar-refractivity contribution in [1.29, 1.82) is 0 Å². The number of hydrogen-bond acceptors (Lipinski definition) is 2. The van der Waals surface area contributed by atoms with E-state index in [0.717, 1.165) is 18.4 Å². The standard InChI is InChI=1S/C17H16O3/c18-16-10-14(17(19)20)7-8-15(16)13-6-5-11-3-1-2-4-12(11)9-13/h5-10,18H,1-4H2,(H,19,20). The van der Waals surface area contributed by atoms with Gasteiger partial charge in [-0.05, 0) is 60.6 Å². The summed E-state index contributed by atoms with van der Waals surface area (Å²) >= 11 is 0. The first-order valence-corrected chi connectivity index (χ1v) is 6.83. The molecule has 0 spiro atoms. The largest absolute Gasteiger partial charge is 0.507 e. The first kappa shape index (κ1) is 12.7. The highest BCUT2D eigenvalue weighted by Gasteiger charge is 2.13. The molecule has 2 aromatic carbocycles. The Balaban J connectivity index is 2.02. The number of carbonyl (C=O) groups is 1. The van der Waals surface area contributed by atoms with Crippen LogP contribution in [0.5, 0.6) is 5.75 Å². The minimum atomic E-state index is -1.03. The van der Waals surface area contributed by atoms with Gasteiger partial charge in [0.2, 0.25) is 0 Å². The van der Waals surface area contributed by atoms with E-state index in [1.54, 1.807) is 6.07 Å². The van der Waals surface area contributed by atoms with Gasteiger partial charge in [-0.3, -0.25) is 0 Å². The zero-order valence-corrected chi connectivity index (χ0v) is 11.1. The summed E-state index contributed by atoms with van der Waals surface area (Å²) in [6.07, 6.45) is 4.65. The summed E-state index contributed by atoms with van der Waals surface area (Å²) in [6, 6.07) is 10.7. The molecule has 0 bridgehead atoms. The maximum Gasteiger partial charge on any atom is 0.335 e. The lowest BCUT2D eigenvalue weighted by molar-refractivity contribution is 0.0696. The fraction of sp³-hybridized carbons (Fsp3) is 0.235. The predicted molar refractivity (Wildman–Crippen MR) is 77.1 cm³/mol. The van der Waals surface area contributed by atoms with E-state index in [1.807, 2.05) is 6.07 Å². The molecule has 0 unspecified atom stereocenters. The van der Waals surface area contributed by atoms with Crippen LogP contribution in [-0.2, 0) is 12.8 Å².